The van der Waals surface area contributed by atoms with Gasteiger partial charge in [0.1, 0.15) is 5.82 Å². The first-order valence-electron chi connectivity index (χ1n) is 7.46. The van der Waals surface area contributed by atoms with Gasteiger partial charge in [0.25, 0.3) is 5.22 Å². The van der Waals surface area contributed by atoms with E-state index in [9.17, 15) is 9.18 Å². The molecule has 9 heteroatoms. The summed E-state index contributed by atoms with van der Waals surface area (Å²) in [5.41, 5.74) is 1.41. The molecule has 0 aliphatic rings. The van der Waals surface area contributed by atoms with E-state index in [2.05, 4.69) is 20.5 Å². The first-order valence-corrected chi connectivity index (χ1v) is 9.22. The average molecular weight is 378 g/mol. The molecule has 0 fully saturated rings. The van der Waals surface area contributed by atoms with Gasteiger partial charge >= 0.3 is 0 Å². The third kappa shape index (κ3) is 4.86. The molecular weight excluding hydrogens is 363 g/mol. The normalized spacial score (nSPS) is 12.1. The minimum atomic E-state index is -0.445. The van der Waals surface area contributed by atoms with Crippen LogP contribution in [0, 0.1) is 12.7 Å². The first kappa shape index (κ1) is 17.6. The maximum absolute atomic E-state index is 12.9. The van der Waals surface area contributed by atoms with E-state index < -0.39 is 5.25 Å². The Labute approximate surface area is 151 Å². The second-order valence-electron chi connectivity index (χ2n) is 5.25. The van der Waals surface area contributed by atoms with Crippen LogP contribution in [-0.2, 0) is 11.2 Å². The lowest BCUT2D eigenvalue weighted by molar-refractivity contribution is -0.115. The predicted octanol–water partition coefficient (Wildman–Crippen LogP) is 3.68. The number of benzene rings is 1. The summed E-state index contributed by atoms with van der Waals surface area (Å²) in [5, 5.41) is 13.5. The van der Waals surface area contributed by atoms with Gasteiger partial charge in [-0.05, 0) is 38.1 Å². The number of halogens is 1. The Morgan fingerprint density at radius 3 is 2.80 bits per heavy atom. The van der Waals surface area contributed by atoms with E-state index in [0.29, 0.717) is 23.2 Å². The molecule has 0 aliphatic carbocycles. The van der Waals surface area contributed by atoms with E-state index in [-0.39, 0.29) is 11.7 Å². The fraction of sp³-hybridized carbons (Fsp3) is 0.250. The van der Waals surface area contributed by atoms with Gasteiger partial charge in [-0.15, -0.1) is 21.5 Å². The van der Waals surface area contributed by atoms with Gasteiger partial charge in [-0.25, -0.2) is 9.37 Å². The fourth-order valence-corrected chi connectivity index (χ4v) is 3.30. The number of rotatable bonds is 6. The number of aryl methyl sites for hydroxylation is 1. The van der Waals surface area contributed by atoms with Crippen molar-refractivity contribution < 1.29 is 13.6 Å². The zero-order chi connectivity index (χ0) is 17.8. The lowest BCUT2D eigenvalue weighted by Gasteiger charge is -2.09. The molecule has 1 N–H and O–H groups in total. The Morgan fingerprint density at radius 1 is 1.36 bits per heavy atom. The molecule has 0 unspecified atom stereocenters. The summed E-state index contributed by atoms with van der Waals surface area (Å²) in [6, 6.07) is 5.59. The largest absolute Gasteiger partial charge is 0.416 e. The number of hydrogen-bond acceptors (Lipinski definition) is 7. The highest BCUT2D eigenvalue weighted by Gasteiger charge is 2.19. The smallest absolute Gasteiger partial charge is 0.277 e. The van der Waals surface area contributed by atoms with E-state index in [0.717, 1.165) is 10.7 Å². The number of anilines is 1. The van der Waals surface area contributed by atoms with E-state index in [1.807, 2.05) is 12.3 Å². The molecule has 1 amide bonds. The van der Waals surface area contributed by atoms with Crippen molar-refractivity contribution in [3.8, 4) is 0 Å². The molecule has 0 radical (unpaired) electrons. The zero-order valence-electron chi connectivity index (χ0n) is 13.5. The van der Waals surface area contributed by atoms with E-state index in [4.69, 9.17) is 4.42 Å². The molecule has 1 atom stereocenters. The number of nitrogens with one attached hydrogen (secondary N) is 1. The van der Waals surface area contributed by atoms with Gasteiger partial charge in [-0.1, -0.05) is 11.8 Å². The van der Waals surface area contributed by atoms with Crippen LogP contribution < -0.4 is 5.32 Å². The van der Waals surface area contributed by atoms with Crippen molar-refractivity contribution in [1.29, 1.82) is 0 Å². The van der Waals surface area contributed by atoms with Gasteiger partial charge in [0.05, 0.1) is 22.4 Å². The highest BCUT2D eigenvalue weighted by atomic mass is 32.2. The van der Waals surface area contributed by atoms with Crippen molar-refractivity contribution in [3.63, 3.8) is 0 Å². The van der Waals surface area contributed by atoms with Crippen molar-refractivity contribution in [2.75, 3.05) is 5.32 Å². The second kappa shape index (κ2) is 7.75. The summed E-state index contributed by atoms with van der Waals surface area (Å²) in [6.07, 6.45) is 0.466. The van der Waals surface area contributed by atoms with Crippen LogP contribution in [-0.4, -0.2) is 26.3 Å². The molecule has 6 nitrogen and oxygen atoms in total. The van der Waals surface area contributed by atoms with Crippen LogP contribution in [0.5, 0.6) is 0 Å². The van der Waals surface area contributed by atoms with Crippen LogP contribution in [0.2, 0.25) is 0 Å². The van der Waals surface area contributed by atoms with Crippen LogP contribution >= 0.6 is 23.1 Å². The Kier molecular flexibility index (Phi) is 5.44. The zero-order valence-corrected chi connectivity index (χ0v) is 15.2. The summed E-state index contributed by atoms with van der Waals surface area (Å²) in [5.74, 6) is -0.125. The highest BCUT2D eigenvalue weighted by molar-refractivity contribution is 8.00. The summed E-state index contributed by atoms with van der Waals surface area (Å²) < 4.78 is 18.4. The van der Waals surface area contributed by atoms with Gasteiger partial charge < -0.3 is 9.73 Å². The number of thioether (sulfide) groups is 1. The molecule has 3 rings (SSSR count). The summed E-state index contributed by atoms with van der Waals surface area (Å²) >= 11 is 2.73. The van der Waals surface area contributed by atoms with Crippen LogP contribution in [0.4, 0.5) is 10.1 Å². The molecule has 0 spiro atoms. The number of amides is 1. The molecule has 2 aromatic heterocycles. The van der Waals surface area contributed by atoms with Crippen LogP contribution in [0.25, 0.3) is 0 Å². The van der Waals surface area contributed by atoms with E-state index in [1.54, 1.807) is 18.3 Å². The van der Waals surface area contributed by atoms with Crippen molar-refractivity contribution in [3.05, 3.63) is 52.1 Å². The average Bonchev–Trinajstić information content (AvgIpc) is 3.19. The SMILES string of the molecule is Cc1nc(Cc2nnc(S[C@@H](C)C(=O)Nc3ccc(F)cc3)o2)cs1. The predicted molar refractivity (Wildman–Crippen MR) is 94.3 cm³/mol. The molecule has 0 aliphatic heterocycles. The Bertz CT molecular complexity index is 863. The number of carbonyl (C=O) groups excluding carboxylic acids is 1. The lowest BCUT2D eigenvalue weighted by atomic mass is 10.3. The summed E-state index contributed by atoms with van der Waals surface area (Å²) in [7, 11) is 0. The van der Waals surface area contributed by atoms with Crippen molar-refractivity contribution >= 4 is 34.7 Å². The number of thiazole rings is 1. The first-order chi connectivity index (χ1) is 12.0. The number of aromatic nitrogens is 3. The molecule has 2 heterocycles. The maximum Gasteiger partial charge on any atom is 0.277 e. The molecule has 25 heavy (non-hydrogen) atoms. The third-order valence-corrected chi connectivity index (χ3v) is 4.96. The third-order valence-electron chi connectivity index (χ3n) is 3.21. The molecule has 130 valence electrons. The molecular formula is C16H15FN4O2S2. The van der Waals surface area contributed by atoms with Crippen LogP contribution in [0.3, 0.4) is 0 Å². The monoisotopic (exact) mass is 378 g/mol. The van der Waals surface area contributed by atoms with Crippen molar-refractivity contribution in [2.24, 2.45) is 0 Å². The van der Waals surface area contributed by atoms with Gasteiger partial charge in [-0.2, -0.15) is 0 Å². The minimum Gasteiger partial charge on any atom is -0.416 e. The Hall–Kier alpha value is -2.26. The lowest BCUT2D eigenvalue weighted by Crippen LogP contribution is -2.22. The van der Waals surface area contributed by atoms with Crippen LogP contribution in [0.1, 0.15) is 23.5 Å². The number of carbonyl (C=O) groups is 1. The van der Waals surface area contributed by atoms with Gasteiger partial charge in [0, 0.05) is 11.1 Å². The van der Waals surface area contributed by atoms with E-state index in [1.165, 1.54) is 36.0 Å². The number of nitrogens with zero attached hydrogens (tertiary/aromatic N) is 3. The Balaban J connectivity index is 1.56. The van der Waals surface area contributed by atoms with Gasteiger partial charge in [0.2, 0.25) is 11.8 Å². The number of hydrogen-bond donors (Lipinski definition) is 1. The summed E-state index contributed by atoms with van der Waals surface area (Å²) in [4.78, 5) is 16.5. The van der Waals surface area contributed by atoms with Crippen molar-refractivity contribution in [2.45, 2.75) is 30.7 Å². The van der Waals surface area contributed by atoms with Crippen molar-refractivity contribution in [1.82, 2.24) is 15.2 Å². The minimum absolute atomic E-state index is 0.230. The Morgan fingerprint density at radius 2 is 2.12 bits per heavy atom. The molecule has 3 aromatic rings. The van der Waals surface area contributed by atoms with E-state index >= 15 is 0 Å². The highest BCUT2D eigenvalue weighted by Crippen LogP contribution is 2.24. The molecule has 0 saturated carbocycles. The fourth-order valence-electron chi connectivity index (χ4n) is 1.98. The standard InChI is InChI=1S/C16H15FN4O2S2/c1-9(15(22)19-12-5-3-11(17)4-6-12)25-16-21-20-14(23-16)7-13-8-24-10(2)18-13/h3-6,8-9H,7H2,1-2H3,(H,19,22)/t9-/m0/s1. The summed E-state index contributed by atoms with van der Waals surface area (Å²) in [6.45, 7) is 3.67. The van der Waals surface area contributed by atoms with Gasteiger partial charge in [-0.3, -0.25) is 4.79 Å². The topological polar surface area (TPSA) is 80.9 Å². The molecule has 0 bridgehead atoms. The maximum atomic E-state index is 12.9. The molecule has 1 aromatic carbocycles. The van der Waals surface area contributed by atoms with Gasteiger partial charge in [0.15, 0.2) is 0 Å². The van der Waals surface area contributed by atoms with Crippen LogP contribution in [0.15, 0.2) is 39.3 Å². The quantitative estimate of drug-likeness (QED) is 0.659. The second-order valence-corrected chi connectivity index (χ2v) is 7.61. The molecule has 0 saturated heterocycles.